The summed E-state index contributed by atoms with van der Waals surface area (Å²) >= 11 is 0. The maximum absolute atomic E-state index is 13.0. The van der Waals surface area contributed by atoms with Crippen LogP contribution in [0, 0.1) is 5.82 Å². The van der Waals surface area contributed by atoms with E-state index < -0.39 is 6.29 Å². The molecule has 1 aliphatic rings. The van der Waals surface area contributed by atoms with Crippen molar-refractivity contribution in [1.82, 2.24) is 0 Å². The average molecular weight is 259 g/mol. The molecule has 3 nitrogen and oxygen atoms in total. The van der Waals surface area contributed by atoms with Gasteiger partial charge < -0.3 is 5.11 Å². The largest absolute Gasteiger partial charge is 0.366 e. The van der Waals surface area contributed by atoms with Crippen LogP contribution in [0.3, 0.4) is 0 Å². The van der Waals surface area contributed by atoms with Crippen molar-refractivity contribution in [3.05, 3.63) is 66.0 Å². The third-order valence-electron chi connectivity index (χ3n) is 3.21. The molecule has 1 heterocycles. The highest BCUT2D eigenvalue weighted by Gasteiger charge is 2.33. The van der Waals surface area contributed by atoms with Crippen LogP contribution in [0.1, 0.15) is 18.0 Å². The van der Waals surface area contributed by atoms with Crippen molar-refractivity contribution in [2.75, 3.05) is 5.06 Å². The lowest BCUT2D eigenvalue weighted by atomic mass is 10.0. The molecule has 2 aromatic carbocycles. The van der Waals surface area contributed by atoms with Crippen molar-refractivity contribution < 1.29 is 14.3 Å². The maximum Gasteiger partial charge on any atom is 0.183 e. The van der Waals surface area contributed by atoms with Gasteiger partial charge in [0.2, 0.25) is 0 Å². The molecule has 1 unspecified atom stereocenters. The van der Waals surface area contributed by atoms with E-state index in [2.05, 4.69) is 0 Å². The van der Waals surface area contributed by atoms with E-state index in [-0.39, 0.29) is 11.9 Å². The van der Waals surface area contributed by atoms with Gasteiger partial charge in [-0.25, -0.2) is 14.3 Å². The number of anilines is 1. The first-order valence-electron chi connectivity index (χ1n) is 6.18. The Bertz CT molecular complexity index is 544. The van der Waals surface area contributed by atoms with E-state index in [0.717, 1.165) is 11.3 Å². The van der Waals surface area contributed by atoms with Crippen LogP contribution in [0.5, 0.6) is 0 Å². The van der Waals surface area contributed by atoms with E-state index >= 15 is 0 Å². The Morgan fingerprint density at radius 1 is 1.05 bits per heavy atom. The molecule has 1 N–H and O–H groups in total. The number of benzene rings is 2. The van der Waals surface area contributed by atoms with Crippen LogP contribution < -0.4 is 5.06 Å². The quantitative estimate of drug-likeness (QED) is 0.899. The van der Waals surface area contributed by atoms with Crippen molar-refractivity contribution in [2.45, 2.75) is 18.8 Å². The number of aliphatic hydroxyl groups excluding tert-OH is 1. The first-order valence-corrected chi connectivity index (χ1v) is 6.18. The van der Waals surface area contributed by atoms with E-state index in [1.54, 1.807) is 17.2 Å². The van der Waals surface area contributed by atoms with Crippen LogP contribution in [0.25, 0.3) is 0 Å². The molecule has 0 amide bonds. The minimum absolute atomic E-state index is 0.113. The number of rotatable bonds is 2. The molecule has 0 bridgehead atoms. The highest BCUT2D eigenvalue weighted by molar-refractivity contribution is 5.47. The molecule has 0 aromatic heterocycles. The van der Waals surface area contributed by atoms with Crippen LogP contribution in [-0.4, -0.2) is 11.4 Å². The molecule has 98 valence electrons. The predicted octanol–water partition coefficient (Wildman–Crippen LogP) is 3.03. The molecule has 3 rings (SSSR count). The molecule has 0 radical (unpaired) electrons. The fourth-order valence-corrected chi connectivity index (χ4v) is 2.31. The lowest BCUT2D eigenvalue weighted by Gasteiger charge is -2.24. The standard InChI is InChI=1S/C15H14FNO2/c16-12-8-6-11(7-9-12)14-10-15(18)19-17(14)13-4-2-1-3-5-13/h1-9,14-15,18H,10H2/t14?,15-/m1/s1. The molecule has 19 heavy (non-hydrogen) atoms. The van der Waals surface area contributed by atoms with Crippen molar-refractivity contribution in [3.63, 3.8) is 0 Å². The number of hydroxylamine groups is 1. The number of para-hydroxylation sites is 1. The van der Waals surface area contributed by atoms with Gasteiger partial charge in [-0.3, -0.25) is 0 Å². The second kappa shape index (κ2) is 4.99. The first kappa shape index (κ1) is 12.1. The van der Waals surface area contributed by atoms with Gasteiger partial charge in [0, 0.05) is 6.42 Å². The smallest absolute Gasteiger partial charge is 0.183 e. The monoisotopic (exact) mass is 259 g/mol. The average Bonchev–Trinajstić information content (AvgIpc) is 2.83. The number of hydrogen-bond donors (Lipinski definition) is 1. The zero-order valence-electron chi connectivity index (χ0n) is 10.2. The molecule has 0 aliphatic carbocycles. The second-order valence-electron chi connectivity index (χ2n) is 4.52. The molecule has 1 saturated heterocycles. The predicted molar refractivity (Wildman–Crippen MR) is 69.8 cm³/mol. The maximum atomic E-state index is 13.0. The van der Waals surface area contributed by atoms with Crippen LogP contribution in [-0.2, 0) is 4.84 Å². The lowest BCUT2D eigenvalue weighted by Crippen LogP contribution is -2.21. The molecule has 0 spiro atoms. The van der Waals surface area contributed by atoms with E-state index in [1.807, 2.05) is 30.3 Å². The fraction of sp³-hybridized carbons (Fsp3) is 0.200. The molecular formula is C15H14FNO2. The van der Waals surface area contributed by atoms with Gasteiger partial charge in [0.1, 0.15) is 5.82 Å². The molecule has 2 aromatic rings. The number of halogens is 1. The lowest BCUT2D eigenvalue weighted by molar-refractivity contribution is -0.0706. The van der Waals surface area contributed by atoms with E-state index in [4.69, 9.17) is 4.84 Å². The molecule has 1 aliphatic heterocycles. The molecule has 4 heteroatoms. The van der Waals surface area contributed by atoms with Crippen LogP contribution in [0.2, 0.25) is 0 Å². The Morgan fingerprint density at radius 2 is 1.74 bits per heavy atom. The normalized spacial score (nSPS) is 22.7. The number of aliphatic hydroxyl groups is 1. The summed E-state index contributed by atoms with van der Waals surface area (Å²) in [6.45, 7) is 0. The summed E-state index contributed by atoms with van der Waals surface area (Å²) in [5.41, 5.74) is 1.79. The van der Waals surface area contributed by atoms with E-state index in [1.165, 1.54) is 12.1 Å². The third-order valence-corrected chi connectivity index (χ3v) is 3.21. The van der Waals surface area contributed by atoms with Crippen molar-refractivity contribution in [1.29, 1.82) is 0 Å². The Hall–Kier alpha value is -1.91. The molecule has 0 saturated carbocycles. The number of nitrogens with zero attached hydrogens (tertiary/aromatic N) is 1. The summed E-state index contributed by atoms with van der Waals surface area (Å²) in [4.78, 5) is 5.44. The van der Waals surface area contributed by atoms with Gasteiger partial charge in [-0.05, 0) is 29.8 Å². The van der Waals surface area contributed by atoms with Gasteiger partial charge in [-0.15, -0.1) is 0 Å². The highest BCUT2D eigenvalue weighted by Crippen LogP contribution is 2.37. The van der Waals surface area contributed by atoms with Gasteiger partial charge in [0.05, 0.1) is 11.7 Å². The van der Waals surface area contributed by atoms with Crippen LogP contribution in [0.15, 0.2) is 54.6 Å². The molecular weight excluding hydrogens is 245 g/mol. The highest BCUT2D eigenvalue weighted by atomic mass is 19.1. The Labute approximate surface area is 110 Å². The third kappa shape index (κ3) is 2.45. The van der Waals surface area contributed by atoms with Gasteiger partial charge in [0.25, 0.3) is 0 Å². The summed E-state index contributed by atoms with van der Waals surface area (Å²) in [5, 5.41) is 11.4. The van der Waals surface area contributed by atoms with Crippen molar-refractivity contribution in [3.8, 4) is 0 Å². The Kier molecular flexibility index (Phi) is 3.19. The van der Waals surface area contributed by atoms with Crippen molar-refractivity contribution in [2.24, 2.45) is 0 Å². The second-order valence-corrected chi connectivity index (χ2v) is 4.52. The minimum atomic E-state index is -0.838. The SMILES string of the molecule is O[C@H]1CC(c2ccc(F)cc2)N(c2ccccc2)O1. The topological polar surface area (TPSA) is 32.7 Å². The zero-order valence-corrected chi connectivity index (χ0v) is 10.2. The van der Waals surface area contributed by atoms with Gasteiger partial charge in [-0.1, -0.05) is 30.3 Å². The van der Waals surface area contributed by atoms with Gasteiger partial charge in [-0.2, -0.15) is 0 Å². The number of hydrogen-bond acceptors (Lipinski definition) is 3. The van der Waals surface area contributed by atoms with Crippen LogP contribution in [0.4, 0.5) is 10.1 Å². The fourth-order valence-electron chi connectivity index (χ4n) is 2.31. The first-order chi connectivity index (χ1) is 9.24. The minimum Gasteiger partial charge on any atom is -0.366 e. The Balaban J connectivity index is 1.92. The van der Waals surface area contributed by atoms with Crippen molar-refractivity contribution >= 4 is 5.69 Å². The summed E-state index contributed by atoms with van der Waals surface area (Å²) in [6, 6.07) is 15.7. The Morgan fingerprint density at radius 3 is 2.42 bits per heavy atom. The van der Waals surface area contributed by atoms with Crippen LogP contribution >= 0.6 is 0 Å². The summed E-state index contributed by atoms with van der Waals surface area (Å²) in [6.07, 6.45) is -0.379. The summed E-state index contributed by atoms with van der Waals surface area (Å²) in [7, 11) is 0. The van der Waals surface area contributed by atoms with E-state index in [9.17, 15) is 9.50 Å². The van der Waals surface area contributed by atoms with Gasteiger partial charge >= 0.3 is 0 Å². The van der Waals surface area contributed by atoms with Gasteiger partial charge in [0.15, 0.2) is 6.29 Å². The summed E-state index contributed by atoms with van der Waals surface area (Å²) < 4.78 is 13.0. The zero-order chi connectivity index (χ0) is 13.2. The summed E-state index contributed by atoms with van der Waals surface area (Å²) in [5.74, 6) is -0.269. The molecule has 1 fully saturated rings. The molecule has 2 atom stereocenters. The van der Waals surface area contributed by atoms with E-state index in [0.29, 0.717) is 6.42 Å².